The lowest BCUT2D eigenvalue weighted by molar-refractivity contribution is 0.0488. The molecule has 2 heterocycles. The molecule has 2 aromatic carbocycles. The van der Waals surface area contributed by atoms with Crippen molar-refractivity contribution in [3.63, 3.8) is 0 Å². The molecular weight excluding hydrogens is 352 g/mol. The van der Waals surface area contributed by atoms with E-state index in [9.17, 15) is 9.90 Å². The maximum Gasteiger partial charge on any atom is 0.317 e. The van der Waals surface area contributed by atoms with Crippen LogP contribution in [0.1, 0.15) is 23.4 Å². The lowest BCUT2D eigenvalue weighted by Gasteiger charge is -2.25. The normalized spacial score (nSPS) is 19.3. The Bertz CT molecular complexity index is 1010. The fraction of sp³-hybridized carbons (Fsp3) is 0.364. The molecule has 6 heteroatoms. The molecule has 1 aromatic heterocycles. The molecule has 28 heavy (non-hydrogen) atoms. The van der Waals surface area contributed by atoms with Gasteiger partial charge in [-0.3, -0.25) is 0 Å². The second-order valence-corrected chi connectivity index (χ2v) is 7.58. The minimum atomic E-state index is -0.972. The Balaban J connectivity index is 1.36. The summed E-state index contributed by atoms with van der Waals surface area (Å²) in [6.07, 6.45) is 1.21. The number of aromatic nitrogens is 2. The molecule has 2 amide bonds. The number of hydrogen-bond donors (Lipinski definition) is 2. The van der Waals surface area contributed by atoms with Gasteiger partial charge in [0.2, 0.25) is 0 Å². The van der Waals surface area contributed by atoms with Crippen molar-refractivity contribution in [2.75, 3.05) is 19.6 Å². The summed E-state index contributed by atoms with van der Waals surface area (Å²) < 4.78 is 2.06. The third kappa shape index (κ3) is 3.36. The van der Waals surface area contributed by atoms with Crippen LogP contribution in [0.25, 0.3) is 11.0 Å². The van der Waals surface area contributed by atoms with Crippen LogP contribution in [-0.2, 0) is 19.1 Å². The van der Waals surface area contributed by atoms with Gasteiger partial charge < -0.3 is 19.9 Å². The zero-order valence-corrected chi connectivity index (χ0v) is 16.4. The average Bonchev–Trinajstić information content (AvgIpc) is 3.24. The number of nitrogens with zero attached hydrogens (tertiary/aromatic N) is 3. The van der Waals surface area contributed by atoms with E-state index in [1.165, 1.54) is 0 Å². The molecule has 0 bridgehead atoms. The number of hydrogen-bond acceptors (Lipinski definition) is 3. The van der Waals surface area contributed by atoms with Crippen molar-refractivity contribution < 1.29 is 9.90 Å². The zero-order chi connectivity index (χ0) is 19.7. The molecule has 146 valence electrons. The first-order valence-electron chi connectivity index (χ1n) is 9.69. The number of carbonyl (C=O) groups is 1. The fourth-order valence-corrected chi connectivity index (χ4v) is 4.09. The standard InChI is InChI=1S/C22H26N4O2/c1-16-7-3-4-8-17(16)22(28)12-14-26(15-22)21(27)23-13-11-20-24-18-9-5-6-10-19(18)25(20)2/h3-10,28H,11-15H2,1-2H3,(H,23,27)/t22-/m1/s1. The van der Waals surface area contributed by atoms with Gasteiger partial charge in [-0.2, -0.15) is 0 Å². The SMILES string of the molecule is Cc1ccccc1[C@@]1(O)CCN(C(=O)NCCc2nc3ccccc3n2C)C1. The van der Waals surface area contributed by atoms with Gasteiger partial charge in [0.25, 0.3) is 0 Å². The molecule has 1 atom stereocenters. The van der Waals surface area contributed by atoms with Gasteiger partial charge in [0, 0.05) is 26.6 Å². The summed E-state index contributed by atoms with van der Waals surface area (Å²) in [7, 11) is 2.00. The zero-order valence-electron chi connectivity index (χ0n) is 16.4. The number of urea groups is 1. The maximum absolute atomic E-state index is 12.6. The van der Waals surface area contributed by atoms with Crippen LogP contribution in [0.15, 0.2) is 48.5 Å². The Kier molecular flexibility index (Phi) is 4.81. The summed E-state index contributed by atoms with van der Waals surface area (Å²) in [5.41, 5.74) is 3.04. The number of amides is 2. The Hall–Kier alpha value is -2.86. The number of β-amino-alcohol motifs (C(OH)–C–C–N with tert-alkyl or cyclic N) is 1. The number of nitrogens with one attached hydrogen (secondary N) is 1. The third-order valence-electron chi connectivity index (χ3n) is 5.69. The molecular formula is C22H26N4O2. The Morgan fingerprint density at radius 1 is 1.21 bits per heavy atom. The van der Waals surface area contributed by atoms with Gasteiger partial charge in [-0.25, -0.2) is 9.78 Å². The highest BCUT2D eigenvalue weighted by atomic mass is 16.3. The second-order valence-electron chi connectivity index (χ2n) is 7.58. The molecule has 0 saturated carbocycles. The molecule has 0 spiro atoms. The van der Waals surface area contributed by atoms with Crippen LogP contribution >= 0.6 is 0 Å². The number of imidazole rings is 1. The summed E-state index contributed by atoms with van der Waals surface area (Å²) in [6, 6.07) is 15.7. The highest BCUT2D eigenvalue weighted by molar-refractivity contribution is 5.76. The first-order chi connectivity index (χ1) is 13.5. The topological polar surface area (TPSA) is 70.4 Å². The number of rotatable bonds is 4. The van der Waals surface area contributed by atoms with Gasteiger partial charge in [-0.1, -0.05) is 36.4 Å². The number of aryl methyl sites for hydroxylation is 2. The van der Waals surface area contributed by atoms with Gasteiger partial charge >= 0.3 is 6.03 Å². The lowest BCUT2D eigenvalue weighted by atomic mass is 9.89. The second kappa shape index (κ2) is 7.28. The van der Waals surface area contributed by atoms with Crippen molar-refractivity contribution in [3.05, 3.63) is 65.5 Å². The van der Waals surface area contributed by atoms with E-state index in [-0.39, 0.29) is 6.03 Å². The lowest BCUT2D eigenvalue weighted by Crippen LogP contribution is -2.41. The molecule has 1 saturated heterocycles. The monoisotopic (exact) mass is 378 g/mol. The van der Waals surface area contributed by atoms with E-state index >= 15 is 0 Å². The first-order valence-corrected chi connectivity index (χ1v) is 9.69. The fourth-order valence-electron chi connectivity index (χ4n) is 4.09. The molecule has 0 radical (unpaired) electrons. The van der Waals surface area contributed by atoms with Crippen LogP contribution in [0.3, 0.4) is 0 Å². The van der Waals surface area contributed by atoms with Crippen molar-refractivity contribution in [3.8, 4) is 0 Å². The van der Waals surface area contributed by atoms with E-state index in [1.54, 1.807) is 4.90 Å². The van der Waals surface area contributed by atoms with E-state index < -0.39 is 5.60 Å². The summed E-state index contributed by atoms with van der Waals surface area (Å²) >= 11 is 0. The molecule has 1 fully saturated rings. The van der Waals surface area contributed by atoms with Gasteiger partial charge in [0.15, 0.2) is 0 Å². The minimum Gasteiger partial charge on any atom is -0.383 e. The van der Waals surface area contributed by atoms with Crippen LogP contribution in [0.4, 0.5) is 4.79 Å². The van der Waals surface area contributed by atoms with Gasteiger partial charge in [0.1, 0.15) is 11.4 Å². The third-order valence-corrected chi connectivity index (χ3v) is 5.69. The maximum atomic E-state index is 12.6. The predicted molar refractivity (Wildman–Crippen MR) is 109 cm³/mol. The molecule has 2 N–H and O–H groups in total. The summed E-state index contributed by atoms with van der Waals surface area (Å²) in [5, 5.41) is 14.0. The molecule has 1 aliphatic rings. The number of likely N-dealkylation sites (tertiary alicyclic amines) is 1. The number of para-hydroxylation sites is 2. The first kappa shape index (κ1) is 18.5. The number of aliphatic hydroxyl groups is 1. The van der Waals surface area contributed by atoms with Crippen molar-refractivity contribution in [2.45, 2.75) is 25.4 Å². The van der Waals surface area contributed by atoms with E-state index in [1.807, 2.05) is 62.5 Å². The quantitative estimate of drug-likeness (QED) is 0.733. The summed E-state index contributed by atoms with van der Waals surface area (Å²) in [4.78, 5) is 18.9. The van der Waals surface area contributed by atoms with Crippen LogP contribution < -0.4 is 5.32 Å². The van der Waals surface area contributed by atoms with Crippen molar-refractivity contribution in [1.82, 2.24) is 19.8 Å². The van der Waals surface area contributed by atoms with Gasteiger partial charge in [-0.15, -0.1) is 0 Å². The van der Waals surface area contributed by atoms with Crippen molar-refractivity contribution in [1.29, 1.82) is 0 Å². The molecule has 0 aliphatic carbocycles. The Morgan fingerprint density at radius 3 is 2.75 bits per heavy atom. The van der Waals surface area contributed by atoms with Crippen LogP contribution in [0.2, 0.25) is 0 Å². The van der Waals surface area contributed by atoms with Crippen LogP contribution in [-0.4, -0.2) is 45.2 Å². The van der Waals surface area contributed by atoms with E-state index in [0.29, 0.717) is 32.5 Å². The smallest absolute Gasteiger partial charge is 0.317 e. The Morgan fingerprint density at radius 2 is 1.96 bits per heavy atom. The Labute approximate surface area is 164 Å². The molecule has 0 unspecified atom stereocenters. The van der Waals surface area contributed by atoms with Crippen LogP contribution in [0, 0.1) is 6.92 Å². The molecule has 1 aliphatic heterocycles. The van der Waals surface area contributed by atoms with E-state index in [4.69, 9.17) is 0 Å². The minimum absolute atomic E-state index is 0.136. The summed E-state index contributed by atoms with van der Waals surface area (Å²) in [6.45, 7) is 3.36. The summed E-state index contributed by atoms with van der Waals surface area (Å²) in [5.74, 6) is 0.944. The molecule has 6 nitrogen and oxygen atoms in total. The van der Waals surface area contributed by atoms with Gasteiger partial charge in [-0.05, 0) is 36.6 Å². The number of benzene rings is 2. The number of fused-ring (bicyclic) bond motifs is 1. The highest BCUT2D eigenvalue weighted by Crippen LogP contribution is 2.33. The van der Waals surface area contributed by atoms with Crippen molar-refractivity contribution in [2.24, 2.45) is 7.05 Å². The van der Waals surface area contributed by atoms with Crippen molar-refractivity contribution >= 4 is 17.1 Å². The molecule has 4 rings (SSSR count). The predicted octanol–water partition coefficient (Wildman–Crippen LogP) is 2.73. The highest BCUT2D eigenvalue weighted by Gasteiger charge is 2.40. The largest absolute Gasteiger partial charge is 0.383 e. The number of carbonyl (C=O) groups excluding carboxylic acids is 1. The van der Waals surface area contributed by atoms with E-state index in [0.717, 1.165) is 28.0 Å². The average molecular weight is 378 g/mol. The van der Waals surface area contributed by atoms with Crippen LogP contribution in [0.5, 0.6) is 0 Å². The molecule has 3 aromatic rings. The van der Waals surface area contributed by atoms with Gasteiger partial charge in [0.05, 0.1) is 17.6 Å². The van der Waals surface area contributed by atoms with E-state index in [2.05, 4.69) is 14.9 Å².